The van der Waals surface area contributed by atoms with E-state index in [2.05, 4.69) is 20.5 Å². The fourth-order valence-electron chi connectivity index (χ4n) is 5.10. The fourth-order valence-corrected chi connectivity index (χ4v) is 5.10. The Balaban J connectivity index is 1.51. The van der Waals surface area contributed by atoms with Crippen LogP contribution in [-0.2, 0) is 21.4 Å². The minimum absolute atomic E-state index is 0.0305. The first-order valence-electron chi connectivity index (χ1n) is 10.6. The van der Waals surface area contributed by atoms with Gasteiger partial charge >= 0.3 is 0 Å². The van der Waals surface area contributed by atoms with E-state index in [4.69, 9.17) is 0 Å². The van der Waals surface area contributed by atoms with E-state index in [1.165, 1.54) is 0 Å². The minimum Gasteiger partial charge on any atom is -0.334 e. The Kier molecular flexibility index (Phi) is 4.61. The van der Waals surface area contributed by atoms with Gasteiger partial charge in [0.05, 0.1) is 11.7 Å². The van der Waals surface area contributed by atoms with Crippen LogP contribution in [0.1, 0.15) is 47.0 Å². The van der Waals surface area contributed by atoms with Crippen molar-refractivity contribution in [1.29, 1.82) is 0 Å². The summed E-state index contributed by atoms with van der Waals surface area (Å²) in [5.41, 5.74) is 4.91. The molecular weight excluding hydrogens is 390 g/mol. The van der Waals surface area contributed by atoms with Crippen molar-refractivity contribution in [3.8, 4) is 0 Å². The number of aromatic nitrogens is 3. The van der Waals surface area contributed by atoms with Gasteiger partial charge in [-0.2, -0.15) is 5.10 Å². The molecule has 4 heterocycles. The average molecular weight is 415 g/mol. The number of carbonyl (C=O) groups is 2. The molecule has 2 atom stereocenters. The second-order valence-electron chi connectivity index (χ2n) is 8.42. The first kappa shape index (κ1) is 19.5. The van der Waals surface area contributed by atoms with Crippen LogP contribution in [0.3, 0.4) is 0 Å². The van der Waals surface area contributed by atoms with E-state index >= 15 is 0 Å². The number of amides is 2. The normalized spacial score (nSPS) is 22.1. The van der Waals surface area contributed by atoms with Gasteiger partial charge < -0.3 is 10.2 Å². The SMILES string of the molecule is Cc1[nH]nc(CCC(=O)N2CCC3(C(=O)Nc4ccccc43)C2c2cccnc2)c1C. The summed E-state index contributed by atoms with van der Waals surface area (Å²) in [6, 6.07) is 11.2. The summed E-state index contributed by atoms with van der Waals surface area (Å²) >= 11 is 0. The average Bonchev–Trinajstić information content (AvgIpc) is 3.43. The number of nitrogens with zero attached hydrogens (tertiary/aromatic N) is 3. The molecule has 1 fully saturated rings. The number of nitrogens with one attached hydrogen (secondary N) is 2. The van der Waals surface area contributed by atoms with Crippen molar-refractivity contribution in [2.75, 3.05) is 11.9 Å². The van der Waals surface area contributed by atoms with Crippen molar-refractivity contribution in [3.63, 3.8) is 0 Å². The van der Waals surface area contributed by atoms with Crippen LogP contribution in [0.4, 0.5) is 5.69 Å². The highest BCUT2D eigenvalue weighted by Gasteiger charge is 2.59. The molecule has 0 bridgehead atoms. The molecule has 1 aromatic carbocycles. The molecule has 7 heteroatoms. The number of hydrogen-bond acceptors (Lipinski definition) is 4. The van der Waals surface area contributed by atoms with Crippen LogP contribution >= 0.6 is 0 Å². The molecule has 0 aliphatic carbocycles. The van der Waals surface area contributed by atoms with Crippen molar-refractivity contribution >= 4 is 17.5 Å². The zero-order chi connectivity index (χ0) is 21.6. The molecular formula is C24H25N5O2. The lowest BCUT2D eigenvalue weighted by Crippen LogP contribution is -2.42. The number of H-pyrrole nitrogens is 1. The van der Waals surface area contributed by atoms with Crippen molar-refractivity contribution in [2.24, 2.45) is 0 Å². The quantitative estimate of drug-likeness (QED) is 0.685. The van der Waals surface area contributed by atoms with Crippen molar-refractivity contribution in [3.05, 3.63) is 76.9 Å². The van der Waals surface area contributed by atoms with E-state index in [1.807, 2.05) is 55.1 Å². The first-order valence-corrected chi connectivity index (χ1v) is 10.6. The highest BCUT2D eigenvalue weighted by Crippen LogP contribution is 2.54. The maximum Gasteiger partial charge on any atom is 0.237 e. The summed E-state index contributed by atoms with van der Waals surface area (Å²) < 4.78 is 0. The Hall–Kier alpha value is -3.48. The predicted molar refractivity (Wildman–Crippen MR) is 116 cm³/mol. The number of hydrogen-bond donors (Lipinski definition) is 2. The number of benzene rings is 1. The highest BCUT2D eigenvalue weighted by atomic mass is 16.2. The lowest BCUT2D eigenvalue weighted by atomic mass is 9.73. The number of aromatic amines is 1. The molecule has 2 aliphatic rings. The molecule has 1 spiro atoms. The summed E-state index contributed by atoms with van der Waals surface area (Å²) in [5, 5.41) is 10.4. The maximum absolute atomic E-state index is 13.4. The third-order valence-electron chi connectivity index (χ3n) is 6.84. The number of likely N-dealkylation sites (tertiary alicyclic amines) is 1. The number of para-hydroxylation sites is 1. The lowest BCUT2D eigenvalue weighted by molar-refractivity contribution is -0.133. The van der Waals surface area contributed by atoms with Crippen molar-refractivity contribution < 1.29 is 9.59 Å². The van der Waals surface area contributed by atoms with E-state index in [0.717, 1.165) is 33.8 Å². The molecule has 158 valence electrons. The van der Waals surface area contributed by atoms with Crippen LogP contribution in [0.5, 0.6) is 0 Å². The number of fused-ring (bicyclic) bond motifs is 2. The molecule has 0 radical (unpaired) electrons. The van der Waals surface area contributed by atoms with Crippen molar-refractivity contribution in [1.82, 2.24) is 20.1 Å². The Morgan fingerprint density at radius 2 is 2.06 bits per heavy atom. The second-order valence-corrected chi connectivity index (χ2v) is 8.42. The van der Waals surface area contributed by atoms with Gasteiger partial charge in [0.2, 0.25) is 11.8 Å². The second kappa shape index (κ2) is 7.34. The van der Waals surface area contributed by atoms with E-state index in [-0.39, 0.29) is 17.9 Å². The molecule has 2 aliphatic heterocycles. The third-order valence-corrected chi connectivity index (χ3v) is 6.84. The maximum atomic E-state index is 13.4. The molecule has 2 aromatic heterocycles. The van der Waals surface area contributed by atoms with Crippen LogP contribution in [0, 0.1) is 13.8 Å². The zero-order valence-electron chi connectivity index (χ0n) is 17.7. The van der Waals surface area contributed by atoms with E-state index in [9.17, 15) is 9.59 Å². The largest absolute Gasteiger partial charge is 0.334 e. The minimum atomic E-state index is -0.797. The molecule has 3 aromatic rings. The van der Waals surface area contributed by atoms with E-state index in [1.54, 1.807) is 12.4 Å². The summed E-state index contributed by atoms with van der Waals surface area (Å²) in [5.74, 6) is -0.0143. The van der Waals surface area contributed by atoms with Gasteiger partial charge in [-0.1, -0.05) is 24.3 Å². The number of anilines is 1. The van der Waals surface area contributed by atoms with Gasteiger partial charge in [0.25, 0.3) is 0 Å². The number of carbonyl (C=O) groups excluding carboxylic acids is 2. The van der Waals surface area contributed by atoms with Gasteiger partial charge in [-0.3, -0.25) is 19.7 Å². The Morgan fingerprint density at radius 1 is 1.23 bits per heavy atom. The van der Waals surface area contributed by atoms with Gasteiger partial charge in [-0.15, -0.1) is 0 Å². The highest BCUT2D eigenvalue weighted by molar-refractivity contribution is 6.07. The smallest absolute Gasteiger partial charge is 0.237 e. The monoisotopic (exact) mass is 415 g/mol. The predicted octanol–water partition coefficient (Wildman–Crippen LogP) is 3.22. The van der Waals surface area contributed by atoms with E-state index in [0.29, 0.717) is 25.8 Å². The molecule has 1 saturated heterocycles. The fraction of sp³-hybridized carbons (Fsp3) is 0.333. The standard InChI is InChI=1S/C24H25N5O2/c1-15-16(2)27-28-19(15)9-10-21(30)29-13-11-24(22(29)17-6-5-12-25-14-17)18-7-3-4-8-20(18)26-23(24)31/h3-8,12,14,22H,9-11,13H2,1-2H3,(H,26,31)(H,27,28). The van der Waals surface area contributed by atoms with Gasteiger partial charge in [0, 0.05) is 43.2 Å². The Morgan fingerprint density at radius 3 is 2.81 bits per heavy atom. The van der Waals surface area contributed by atoms with Gasteiger partial charge in [0.15, 0.2) is 0 Å². The van der Waals surface area contributed by atoms with Crippen LogP contribution in [-0.4, -0.2) is 38.4 Å². The summed E-state index contributed by atoms with van der Waals surface area (Å²) in [6.07, 6.45) is 4.99. The van der Waals surface area contributed by atoms with Crippen LogP contribution in [0.2, 0.25) is 0 Å². The Labute approximate surface area is 180 Å². The van der Waals surface area contributed by atoms with Crippen LogP contribution in [0.15, 0.2) is 48.8 Å². The zero-order valence-corrected chi connectivity index (χ0v) is 17.7. The number of aryl methyl sites for hydroxylation is 2. The third kappa shape index (κ3) is 2.95. The summed E-state index contributed by atoms with van der Waals surface area (Å²) in [7, 11) is 0. The molecule has 0 saturated carbocycles. The van der Waals surface area contributed by atoms with E-state index < -0.39 is 5.41 Å². The summed E-state index contributed by atoms with van der Waals surface area (Å²) in [6.45, 7) is 4.52. The lowest BCUT2D eigenvalue weighted by Gasteiger charge is -2.34. The number of rotatable bonds is 4. The van der Waals surface area contributed by atoms with Gasteiger partial charge in [-0.05, 0) is 49.1 Å². The first-order chi connectivity index (χ1) is 15.0. The van der Waals surface area contributed by atoms with Crippen LogP contribution in [0.25, 0.3) is 0 Å². The van der Waals surface area contributed by atoms with Crippen LogP contribution < -0.4 is 5.32 Å². The molecule has 2 amide bonds. The molecule has 7 nitrogen and oxygen atoms in total. The molecule has 31 heavy (non-hydrogen) atoms. The molecule has 2 N–H and O–H groups in total. The Bertz CT molecular complexity index is 1160. The molecule has 5 rings (SSSR count). The van der Waals surface area contributed by atoms with Crippen molar-refractivity contribution in [2.45, 2.75) is 44.6 Å². The van der Waals surface area contributed by atoms with Gasteiger partial charge in [-0.25, -0.2) is 0 Å². The summed E-state index contributed by atoms with van der Waals surface area (Å²) in [4.78, 5) is 32.9. The molecule has 2 unspecified atom stereocenters. The number of pyridine rings is 1. The topological polar surface area (TPSA) is 91.0 Å². The van der Waals surface area contributed by atoms with Gasteiger partial charge in [0.1, 0.15) is 5.41 Å².